The fraction of sp³-hybridized carbons (Fsp3) is 0.467. The van der Waals surface area contributed by atoms with Gasteiger partial charge in [-0.15, -0.1) is 0 Å². The van der Waals surface area contributed by atoms with E-state index in [9.17, 15) is 18.0 Å². The zero-order valence-corrected chi connectivity index (χ0v) is 14.4. The maximum atomic E-state index is 12.6. The van der Waals surface area contributed by atoms with Crippen LogP contribution in [0, 0.1) is 0 Å². The Morgan fingerprint density at radius 1 is 1.22 bits per heavy atom. The van der Waals surface area contributed by atoms with E-state index in [1.54, 1.807) is 13.8 Å². The number of rotatable bonds is 3. The van der Waals surface area contributed by atoms with Crippen molar-refractivity contribution in [1.82, 2.24) is 9.21 Å². The Balaban J connectivity index is 2.29. The highest BCUT2D eigenvalue weighted by molar-refractivity contribution is 7.89. The molecule has 0 spiro atoms. The molecule has 8 heteroatoms. The quantitative estimate of drug-likeness (QED) is 0.757. The van der Waals surface area contributed by atoms with Crippen molar-refractivity contribution in [1.29, 1.82) is 0 Å². The maximum Gasteiger partial charge on any atom is 0.331 e. The van der Waals surface area contributed by atoms with Crippen molar-refractivity contribution in [2.45, 2.75) is 24.3 Å². The highest BCUT2D eigenvalue weighted by Crippen LogP contribution is 2.23. The van der Waals surface area contributed by atoms with Crippen LogP contribution in [-0.2, 0) is 19.6 Å². The second-order valence-corrected chi connectivity index (χ2v) is 8.12. The minimum atomic E-state index is -3.54. The third kappa shape index (κ3) is 3.09. The van der Waals surface area contributed by atoms with E-state index in [1.807, 2.05) is 0 Å². The first-order chi connectivity index (χ1) is 10.6. The smallest absolute Gasteiger partial charge is 0.331 e. The van der Waals surface area contributed by atoms with Gasteiger partial charge in [0.1, 0.15) is 12.1 Å². The number of benzene rings is 1. The van der Waals surface area contributed by atoms with E-state index in [4.69, 9.17) is 4.74 Å². The molecule has 0 atom stereocenters. The molecule has 1 aliphatic heterocycles. The summed E-state index contributed by atoms with van der Waals surface area (Å²) in [5.41, 5.74) is -0.727. The van der Waals surface area contributed by atoms with Crippen molar-refractivity contribution >= 4 is 21.9 Å². The van der Waals surface area contributed by atoms with Gasteiger partial charge in [-0.1, -0.05) is 0 Å². The maximum absolute atomic E-state index is 12.6. The molecule has 1 heterocycles. The minimum absolute atomic E-state index is 0.108. The van der Waals surface area contributed by atoms with E-state index in [-0.39, 0.29) is 17.4 Å². The third-order valence-electron chi connectivity index (χ3n) is 3.85. The van der Waals surface area contributed by atoms with E-state index in [0.717, 1.165) is 4.31 Å². The van der Waals surface area contributed by atoms with Crippen LogP contribution in [0.25, 0.3) is 0 Å². The highest BCUT2D eigenvalue weighted by Gasteiger charge is 2.42. The zero-order chi connectivity index (χ0) is 17.4. The second kappa shape index (κ2) is 5.93. The molecule has 0 saturated carbocycles. The standard InChI is InChI=1S/C15H20N2O5S/c1-15(2)14(19)22-10-9-17(15)13(18)11-5-7-12(8-6-11)23(20,21)16(3)4/h5-8H,9-10H2,1-4H3. The van der Waals surface area contributed by atoms with Crippen LogP contribution < -0.4 is 0 Å². The number of carbonyl (C=O) groups is 2. The van der Waals surface area contributed by atoms with Crippen LogP contribution in [0.15, 0.2) is 29.2 Å². The van der Waals surface area contributed by atoms with Gasteiger partial charge in [0.2, 0.25) is 10.0 Å². The normalized spacial score (nSPS) is 18.0. The molecule has 2 rings (SSSR count). The molecule has 0 aromatic heterocycles. The summed E-state index contributed by atoms with van der Waals surface area (Å²) in [5.74, 6) is -0.788. The molecule has 126 valence electrons. The first-order valence-electron chi connectivity index (χ1n) is 7.10. The van der Waals surface area contributed by atoms with Crippen LogP contribution in [0.4, 0.5) is 0 Å². The lowest BCUT2D eigenvalue weighted by Crippen LogP contribution is -2.58. The lowest BCUT2D eigenvalue weighted by molar-refractivity contribution is -0.162. The summed E-state index contributed by atoms with van der Waals surface area (Å²) in [6, 6.07) is 5.68. The highest BCUT2D eigenvalue weighted by atomic mass is 32.2. The van der Waals surface area contributed by atoms with Crippen molar-refractivity contribution in [3.05, 3.63) is 29.8 Å². The van der Waals surface area contributed by atoms with Gasteiger partial charge in [-0.2, -0.15) is 0 Å². The van der Waals surface area contributed by atoms with Gasteiger partial charge in [-0.05, 0) is 38.1 Å². The SMILES string of the molecule is CN(C)S(=O)(=O)c1ccc(C(=O)N2CCOC(=O)C2(C)C)cc1. The van der Waals surface area contributed by atoms with Gasteiger partial charge < -0.3 is 9.64 Å². The van der Waals surface area contributed by atoms with Crippen molar-refractivity contribution in [3.63, 3.8) is 0 Å². The van der Waals surface area contributed by atoms with Crippen molar-refractivity contribution in [3.8, 4) is 0 Å². The van der Waals surface area contributed by atoms with Crippen LogP contribution in [0.3, 0.4) is 0 Å². The molecule has 0 unspecified atom stereocenters. The van der Waals surface area contributed by atoms with E-state index in [0.29, 0.717) is 12.1 Å². The minimum Gasteiger partial charge on any atom is -0.462 e. The first kappa shape index (κ1) is 17.4. The number of amides is 1. The Labute approximate surface area is 135 Å². The average molecular weight is 340 g/mol. The molecule has 1 amide bonds. The van der Waals surface area contributed by atoms with Crippen LogP contribution in [0.1, 0.15) is 24.2 Å². The van der Waals surface area contributed by atoms with Crippen molar-refractivity contribution < 1.29 is 22.7 Å². The molecule has 1 saturated heterocycles. The lowest BCUT2D eigenvalue weighted by atomic mass is 10.00. The van der Waals surface area contributed by atoms with E-state index in [2.05, 4.69) is 0 Å². The first-order valence-corrected chi connectivity index (χ1v) is 8.54. The summed E-state index contributed by atoms with van der Waals surface area (Å²) in [7, 11) is -0.660. The molecule has 1 aliphatic rings. The molecule has 7 nitrogen and oxygen atoms in total. The van der Waals surface area contributed by atoms with Crippen molar-refractivity contribution in [2.24, 2.45) is 0 Å². The number of esters is 1. The molecule has 1 fully saturated rings. The van der Waals surface area contributed by atoms with Gasteiger partial charge in [-0.25, -0.2) is 17.5 Å². The fourth-order valence-electron chi connectivity index (χ4n) is 2.29. The van der Waals surface area contributed by atoms with Crippen LogP contribution in [-0.4, -0.2) is 62.3 Å². The number of carbonyl (C=O) groups excluding carboxylic acids is 2. The van der Waals surface area contributed by atoms with Gasteiger partial charge in [-0.3, -0.25) is 4.79 Å². The number of cyclic esters (lactones) is 1. The third-order valence-corrected chi connectivity index (χ3v) is 5.68. The number of nitrogens with zero attached hydrogens (tertiary/aromatic N) is 2. The van der Waals surface area contributed by atoms with Crippen LogP contribution in [0.2, 0.25) is 0 Å². The second-order valence-electron chi connectivity index (χ2n) is 5.96. The summed E-state index contributed by atoms with van der Waals surface area (Å²) < 4.78 is 30.1. The average Bonchev–Trinajstić information content (AvgIpc) is 2.49. The Morgan fingerprint density at radius 2 is 1.78 bits per heavy atom. The summed E-state index contributed by atoms with van der Waals surface area (Å²) >= 11 is 0. The number of hydrogen-bond acceptors (Lipinski definition) is 5. The number of hydrogen-bond donors (Lipinski definition) is 0. The van der Waals surface area contributed by atoms with Gasteiger partial charge in [0, 0.05) is 19.7 Å². The number of ether oxygens (including phenoxy) is 1. The molecule has 0 N–H and O–H groups in total. The predicted octanol–water partition coefficient (Wildman–Crippen LogP) is 0.715. The van der Waals surface area contributed by atoms with Gasteiger partial charge in [0.15, 0.2) is 0 Å². The zero-order valence-electron chi connectivity index (χ0n) is 13.6. The largest absolute Gasteiger partial charge is 0.462 e. The number of morpholine rings is 1. The molecular weight excluding hydrogens is 320 g/mol. The van der Waals surface area contributed by atoms with E-state index in [1.165, 1.54) is 43.3 Å². The van der Waals surface area contributed by atoms with E-state index >= 15 is 0 Å². The summed E-state index contributed by atoms with van der Waals surface area (Å²) in [6.45, 7) is 3.70. The summed E-state index contributed by atoms with van der Waals surface area (Å²) in [6.07, 6.45) is 0. The van der Waals surface area contributed by atoms with Gasteiger partial charge in [0.05, 0.1) is 11.4 Å². The molecule has 0 aliphatic carbocycles. The van der Waals surface area contributed by atoms with E-state index < -0.39 is 21.5 Å². The molecule has 1 aromatic rings. The molecule has 0 bridgehead atoms. The topological polar surface area (TPSA) is 84.0 Å². The molecule has 23 heavy (non-hydrogen) atoms. The van der Waals surface area contributed by atoms with Gasteiger partial charge >= 0.3 is 5.97 Å². The lowest BCUT2D eigenvalue weighted by Gasteiger charge is -2.40. The number of sulfonamides is 1. The monoisotopic (exact) mass is 340 g/mol. The Morgan fingerprint density at radius 3 is 2.30 bits per heavy atom. The molecular formula is C15H20N2O5S. The molecule has 1 aromatic carbocycles. The Kier molecular flexibility index (Phi) is 4.50. The summed E-state index contributed by atoms with van der Waals surface area (Å²) in [5, 5.41) is 0. The van der Waals surface area contributed by atoms with Crippen LogP contribution >= 0.6 is 0 Å². The van der Waals surface area contributed by atoms with Crippen LogP contribution in [0.5, 0.6) is 0 Å². The fourth-order valence-corrected chi connectivity index (χ4v) is 3.19. The predicted molar refractivity (Wildman–Crippen MR) is 83.4 cm³/mol. The van der Waals surface area contributed by atoms with Gasteiger partial charge in [0.25, 0.3) is 5.91 Å². The summed E-state index contributed by atoms with van der Waals surface area (Å²) in [4.78, 5) is 26.0. The Hall–Kier alpha value is -1.93. The molecule has 0 radical (unpaired) electrons. The van der Waals surface area contributed by atoms with Crippen molar-refractivity contribution in [2.75, 3.05) is 27.2 Å². The Bertz CT molecular complexity index is 723.